The SMILES string of the molecule is C[C@H](Sc1ncc(-c2ccc(F)cc2)o1)C(=O)Nc1cccc(C(F)(F)F)c1. The molecule has 9 heteroatoms. The molecule has 0 bridgehead atoms. The van der Waals surface area contributed by atoms with Gasteiger partial charge in [-0.1, -0.05) is 17.8 Å². The van der Waals surface area contributed by atoms with Crippen molar-refractivity contribution in [3.8, 4) is 11.3 Å². The van der Waals surface area contributed by atoms with E-state index in [1.54, 1.807) is 6.92 Å². The zero-order valence-corrected chi connectivity index (χ0v) is 15.3. The number of rotatable bonds is 5. The third-order valence-electron chi connectivity index (χ3n) is 3.72. The number of benzene rings is 2. The van der Waals surface area contributed by atoms with Crippen LogP contribution >= 0.6 is 11.8 Å². The summed E-state index contributed by atoms with van der Waals surface area (Å²) < 4.78 is 56.8. The summed E-state index contributed by atoms with van der Waals surface area (Å²) in [7, 11) is 0. The van der Waals surface area contributed by atoms with Crippen molar-refractivity contribution in [1.82, 2.24) is 4.98 Å². The van der Waals surface area contributed by atoms with E-state index in [9.17, 15) is 22.4 Å². The number of nitrogens with one attached hydrogen (secondary N) is 1. The molecule has 1 aromatic heterocycles. The number of carbonyl (C=O) groups is 1. The summed E-state index contributed by atoms with van der Waals surface area (Å²) in [6.45, 7) is 1.58. The van der Waals surface area contributed by atoms with Crippen molar-refractivity contribution < 1.29 is 26.8 Å². The first-order chi connectivity index (χ1) is 13.2. The van der Waals surface area contributed by atoms with Crippen molar-refractivity contribution >= 4 is 23.4 Å². The van der Waals surface area contributed by atoms with Crippen LogP contribution in [-0.2, 0) is 11.0 Å². The molecule has 0 radical (unpaired) electrons. The van der Waals surface area contributed by atoms with E-state index < -0.39 is 22.9 Å². The molecule has 0 aliphatic rings. The van der Waals surface area contributed by atoms with Crippen LogP contribution in [0.3, 0.4) is 0 Å². The molecule has 0 saturated carbocycles. The van der Waals surface area contributed by atoms with Crippen molar-refractivity contribution in [1.29, 1.82) is 0 Å². The van der Waals surface area contributed by atoms with Gasteiger partial charge in [0, 0.05) is 11.3 Å². The highest BCUT2D eigenvalue weighted by Crippen LogP contribution is 2.31. The van der Waals surface area contributed by atoms with Crippen molar-refractivity contribution in [3.63, 3.8) is 0 Å². The van der Waals surface area contributed by atoms with Crippen LogP contribution in [0, 0.1) is 5.82 Å². The molecular formula is C19H14F4N2O2S. The molecule has 1 heterocycles. The highest BCUT2D eigenvalue weighted by atomic mass is 32.2. The van der Waals surface area contributed by atoms with Gasteiger partial charge in [0.25, 0.3) is 5.22 Å². The predicted octanol–water partition coefficient (Wildman–Crippen LogP) is 5.62. The van der Waals surface area contributed by atoms with E-state index in [1.807, 2.05) is 0 Å². The maximum absolute atomic E-state index is 13.0. The van der Waals surface area contributed by atoms with Gasteiger partial charge in [-0.15, -0.1) is 0 Å². The zero-order valence-electron chi connectivity index (χ0n) is 14.5. The summed E-state index contributed by atoms with van der Waals surface area (Å²) in [6.07, 6.45) is -3.04. The second-order valence-electron chi connectivity index (χ2n) is 5.83. The Hall–Kier alpha value is -2.81. The van der Waals surface area contributed by atoms with Gasteiger partial charge in [-0.2, -0.15) is 13.2 Å². The molecule has 146 valence electrons. The van der Waals surface area contributed by atoms with Crippen molar-refractivity contribution in [2.24, 2.45) is 0 Å². The summed E-state index contributed by atoms with van der Waals surface area (Å²) in [6, 6.07) is 10.0. The van der Waals surface area contributed by atoms with Crippen LogP contribution in [0.1, 0.15) is 12.5 Å². The number of oxazole rings is 1. The normalized spacial score (nSPS) is 12.6. The minimum absolute atomic E-state index is 0.0479. The number of hydrogen-bond donors (Lipinski definition) is 1. The van der Waals surface area contributed by atoms with Crippen molar-refractivity contribution in [3.05, 3.63) is 66.1 Å². The van der Waals surface area contributed by atoms with Gasteiger partial charge in [0.1, 0.15) is 5.82 Å². The Morgan fingerprint density at radius 3 is 2.57 bits per heavy atom. The Balaban J connectivity index is 1.64. The van der Waals surface area contributed by atoms with E-state index in [0.29, 0.717) is 11.3 Å². The van der Waals surface area contributed by atoms with E-state index in [2.05, 4.69) is 10.3 Å². The highest BCUT2D eigenvalue weighted by Gasteiger charge is 2.30. The lowest BCUT2D eigenvalue weighted by Crippen LogP contribution is -2.22. The van der Waals surface area contributed by atoms with Crippen LogP contribution < -0.4 is 5.32 Å². The first-order valence-corrected chi connectivity index (χ1v) is 8.97. The molecule has 0 aliphatic heterocycles. The predicted molar refractivity (Wildman–Crippen MR) is 97.3 cm³/mol. The largest absolute Gasteiger partial charge is 0.431 e. The van der Waals surface area contributed by atoms with Gasteiger partial charge in [0.15, 0.2) is 5.76 Å². The molecule has 0 fully saturated rings. The molecule has 1 N–H and O–H groups in total. The Kier molecular flexibility index (Phi) is 5.73. The molecule has 0 spiro atoms. The molecule has 2 aromatic carbocycles. The van der Waals surface area contributed by atoms with Crippen molar-refractivity contribution in [2.75, 3.05) is 5.32 Å². The van der Waals surface area contributed by atoms with Crippen LogP contribution in [-0.4, -0.2) is 16.1 Å². The number of carbonyl (C=O) groups excluding carboxylic acids is 1. The van der Waals surface area contributed by atoms with E-state index in [0.717, 1.165) is 23.9 Å². The smallest absolute Gasteiger partial charge is 0.416 e. The monoisotopic (exact) mass is 410 g/mol. The first kappa shape index (κ1) is 19.9. The average molecular weight is 410 g/mol. The first-order valence-electron chi connectivity index (χ1n) is 8.09. The fourth-order valence-electron chi connectivity index (χ4n) is 2.28. The third kappa shape index (κ3) is 4.92. The highest BCUT2D eigenvalue weighted by molar-refractivity contribution is 8.00. The number of anilines is 1. The third-order valence-corrected chi connectivity index (χ3v) is 4.68. The Bertz CT molecular complexity index is 971. The molecule has 0 saturated heterocycles. The van der Waals surface area contributed by atoms with Gasteiger partial charge in [0.2, 0.25) is 5.91 Å². The fourth-order valence-corrected chi connectivity index (χ4v) is 3.00. The summed E-state index contributed by atoms with van der Waals surface area (Å²) in [5, 5.41) is 1.99. The average Bonchev–Trinajstić information content (AvgIpc) is 3.10. The number of thioether (sulfide) groups is 1. The van der Waals surface area contributed by atoms with E-state index >= 15 is 0 Å². The number of alkyl halides is 3. The Labute approximate surface area is 162 Å². The second-order valence-corrected chi connectivity index (χ2v) is 7.12. The van der Waals surface area contributed by atoms with Crippen LogP contribution in [0.4, 0.5) is 23.2 Å². The van der Waals surface area contributed by atoms with Gasteiger partial charge in [0.05, 0.1) is 17.0 Å². The minimum atomic E-state index is -4.49. The number of aromatic nitrogens is 1. The lowest BCUT2D eigenvalue weighted by Gasteiger charge is -2.12. The van der Waals surface area contributed by atoms with Gasteiger partial charge in [-0.05, 0) is 49.4 Å². The summed E-state index contributed by atoms with van der Waals surface area (Å²) >= 11 is 1.01. The summed E-state index contributed by atoms with van der Waals surface area (Å²) in [4.78, 5) is 16.3. The molecular weight excluding hydrogens is 396 g/mol. The maximum atomic E-state index is 13.0. The topological polar surface area (TPSA) is 55.1 Å². The molecule has 1 amide bonds. The molecule has 1 atom stereocenters. The van der Waals surface area contributed by atoms with Gasteiger partial charge in [-0.3, -0.25) is 4.79 Å². The quantitative estimate of drug-likeness (QED) is 0.438. The van der Waals surface area contributed by atoms with Crippen LogP contribution in [0.2, 0.25) is 0 Å². The number of nitrogens with zero attached hydrogens (tertiary/aromatic N) is 1. The van der Waals surface area contributed by atoms with E-state index in [4.69, 9.17) is 4.42 Å². The second kappa shape index (κ2) is 8.05. The molecule has 3 rings (SSSR count). The van der Waals surface area contributed by atoms with Crippen LogP contribution in [0.5, 0.6) is 0 Å². The Morgan fingerprint density at radius 2 is 1.89 bits per heavy atom. The lowest BCUT2D eigenvalue weighted by molar-refractivity contribution is -0.137. The number of amides is 1. The molecule has 0 unspecified atom stereocenters. The lowest BCUT2D eigenvalue weighted by atomic mass is 10.2. The van der Waals surface area contributed by atoms with Gasteiger partial charge < -0.3 is 9.73 Å². The van der Waals surface area contributed by atoms with Crippen molar-refractivity contribution in [2.45, 2.75) is 23.6 Å². The zero-order chi connectivity index (χ0) is 20.3. The molecule has 0 aliphatic carbocycles. The van der Waals surface area contributed by atoms with E-state index in [-0.39, 0.29) is 16.7 Å². The fraction of sp³-hybridized carbons (Fsp3) is 0.158. The molecule has 4 nitrogen and oxygen atoms in total. The Morgan fingerprint density at radius 1 is 1.18 bits per heavy atom. The van der Waals surface area contributed by atoms with Crippen LogP contribution in [0.25, 0.3) is 11.3 Å². The van der Waals surface area contributed by atoms with E-state index in [1.165, 1.54) is 42.6 Å². The standard InChI is InChI=1S/C19H14F4N2O2S/c1-11(17(26)25-15-4-2-3-13(9-15)19(21,22)23)28-18-24-10-16(27-18)12-5-7-14(20)8-6-12/h2-11H,1H3,(H,25,26)/t11-/m0/s1. The minimum Gasteiger partial charge on any atom is -0.431 e. The van der Waals surface area contributed by atoms with Gasteiger partial charge >= 0.3 is 6.18 Å². The molecule has 28 heavy (non-hydrogen) atoms. The summed E-state index contributed by atoms with van der Waals surface area (Å²) in [5.41, 5.74) is -0.171. The van der Waals surface area contributed by atoms with Gasteiger partial charge in [-0.25, -0.2) is 9.37 Å². The van der Waals surface area contributed by atoms with Crippen LogP contribution in [0.15, 0.2) is 64.4 Å². The number of halogens is 4. The molecule has 3 aromatic rings. The summed E-state index contributed by atoms with van der Waals surface area (Å²) in [5.74, 6) is -0.461. The number of hydrogen-bond acceptors (Lipinski definition) is 4. The maximum Gasteiger partial charge on any atom is 0.416 e.